The molecule has 6 heteroatoms. The third-order valence-corrected chi connectivity index (χ3v) is 2.80. The van der Waals surface area contributed by atoms with Crippen LogP contribution in [-0.4, -0.2) is 23.5 Å². The lowest BCUT2D eigenvalue weighted by atomic mass is 10.2. The molecule has 0 radical (unpaired) electrons. The number of benzene rings is 1. The Balaban J connectivity index is 2.74. The first-order valence-corrected chi connectivity index (χ1v) is 5.13. The first-order valence-electron chi connectivity index (χ1n) is 3.95. The van der Waals surface area contributed by atoms with Crippen molar-refractivity contribution in [1.82, 2.24) is 5.32 Å². The molecule has 0 aliphatic rings. The van der Waals surface area contributed by atoms with E-state index < -0.39 is 18.4 Å². The summed E-state index contributed by atoms with van der Waals surface area (Å²) in [5.41, 5.74) is 0.354. The Morgan fingerprint density at radius 2 is 2.13 bits per heavy atom. The third kappa shape index (κ3) is 3.53. The number of aliphatic carboxylic acids is 1. The monoisotopic (exact) mass is 291 g/mol. The normalized spacial score (nSPS) is 9.73. The van der Waals surface area contributed by atoms with Gasteiger partial charge in [-0.2, -0.15) is 0 Å². The van der Waals surface area contributed by atoms with Gasteiger partial charge in [-0.3, -0.25) is 9.59 Å². The minimum absolute atomic E-state index is 0.354. The molecule has 2 N–H and O–H groups in total. The molecular formula is C9H7BrClNO3. The summed E-state index contributed by atoms with van der Waals surface area (Å²) in [6.07, 6.45) is 0. The van der Waals surface area contributed by atoms with Crippen molar-refractivity contribution in [2.24, 2.45) is 0 Å². The number of carboxylic acids is 1. The van der Waals surface area contributed by atoms with Crippen LogP contribution in [0.25, 0.3) is 0 Å². The van der Waals surface area contributed by atoms with Crippen LogP contribution in [0.4, 0.5) is 0 Å². The van der Waals surface area contributed by atoms with E-state index in [0.29, 0.717) is 15.1 Å². The van der Waals surface area contributed by atoms with Crippen LogP contribution in [0, 0.1) is 0 Å². The minimum atomic E-state index is -1.09. The van der Waals surface area contributed by atoms with Gasteiger partial charge in [0, 0.05) is 10.0 Å². The number of amides is 1. The lowest BCUT2D eigenvalue weighted by Gasteiger charge is -2.03. The molecule has 0 bridgehead atoms. The highest BCUT2D eigenvalue weighted by Gasteiger charge is 2.08. The molecule has 80 valence electrons. The van der Waals surface area contributed by atoms with Gasteiger partial charge >= 0.3 is 5.97 Å². The Hall–Kier alpha value is -1.07. The zero-order valence-electron chi connectivity index (χ0n) is 7.46. The Morgan fingerprint density at radius 1 is 1.47 bits per heavy atom. The van der Waals surface area contributed by atoms with Crippen molar-refractivity contribution in [3.05, 3.63) is 33.3 Å². The van der Waals surface area contributed by atoms with Crippen molar-refractivity contribution in [1.29, 1.82) is 0 Å². The summed E-state index contributed by atoms with van der Waals surface area (Å²) in [5.74, 6) is -1.54. The molecule has 0 aromatic heterocycles. The van der Waals surface area contributed by atoms with Gasteiger partial charge in [0.2, 0.25) is 0 Å². The van der Waals surface area contributed by atoms with Crippen molar-refractivity contribution in [2.75, 3.05) is 6.54 Å². The van der Waals surface area contributed by atoms with Gasteiger partial charge in [0.05, 0.1) is 5.02 Å². The van der Waals surface area contributed by atoms with Crippen LogP contribution in [-0.2, 0) is 4.79 Å². The van der Waals surface area contributed by atoms with E-state index in [4.69, 9.17) is 16.7 Å². The fraction of sp³-hybridized carbons (Fsp3) is 0.111. The van der Waals surface area contributed by atoms with E-state index in [-0.39, 0.29) is 0 Å². The zero-order chi connectivity index (χ0) is 11.4. The lowest BCUT2D eigenvalue weighted by molar-refractivity contribution is -0.135. The van der Waals surface area contributed by atoms with Gasteiger partial charge < -0.3 is 10.4 Å². The number of hydrogen-bond acceptors (Lipinski definition) is 2. The lowest BCUT2D eigenvalue weighted by Crippen LogP contribution is -2.29. The molecule has 0 atom stereocenters. The molecule has 0 aliphatic heterocycles. The molecule has 4 nitrogen and oxygen atoms in total. The average molecular weight is 293 g/mol. The Kier molecular flexibility index (Phi) is 4.11. The molecule has 0 saturated heterocycles. The molecule has 0 aliphatic carbocycles. The number of carbonyl (C=O) groups is 2. The molecule has 1 amide bonds. The van der Waals surface area contributed by atoms with E-state index in [1.807, 2.05) is 0 Å². The fourth-order valence-corrected chi connectivity index (χ4v) is 1.39. The largest absolute Gasteiger partial charge is 0.480 e. The predicted octanol–water partition coefficient (Wildman–Crippen LogP) is 1.92. The van der Waals surface area contributed by atoms with Gasteiger partial charge in [-0.15, -0.1) is 0 Å². The second kappa shape index (κ2) is 5.14. The van der Waals surface area contributed by atoms with Gasteiger partial charge in [0.1, 0.15) is 6.54 Å². The Bertz CT molecular complexity index is 408. The number of carboxylic acid groups (broad SMARTS) is 1. The first kappa shape index (κ1) is 12.0. The maximum Gasteiger partial charge on any atom is 0.322 e. The van der Waals surface area contributed by atoms with Gasteiger partial charge in [0.15, 0.2) is 0 Å². The summed E-state index contributed by atoms with van der Waals surface area (Å²) in [5, 5.41) is 11.1. The number of halogens is 2. The van der Waals surface area contributed by atoms with E-state index in [2.05, 4.69) is 21.2 Å². The van der Waals surface area contributed by atoms with Crippen LogP contribution in [0.2, 0.25) is 5.02 Å². The summed E-state index contributed by atoms with van der Waals surface area (Å²) >= 11 is 8.91. The van der Waals surface area contributed by atoms with Gasteiger partial charge in [-0.25, -0.2) is 0 Å². The van der Waals surface area contributed by atoms with Gasteiger partial charge in [0.25, 0.3) is 5.91 Å². The van der Waals surface area contributed by atoms with Crippen LogP contribution in [0.1, 0.15) is 10.4 Å². The summed E-state index contributed by atoms with van der Waals surface area (Å²) < 4.78 is 0.590. The zero-order valence-corrected chi connectivity index (χ0v) is 9.80. The molecule has 15 heavy (non-hydrogen) atoms. The summed E-state index contributed by atoms with van der Waals surface area (Å²) in [4.78, 5) is 21.6. The van der Waals surface area contributed by atoms with Crippen LogP contribution in [0.15, 0.2) is 22.7 Å². The molecule has 1 rings (SSSR count). The highest BCUT2D eigenvalue weighted by molar-refractivity contribution is 9.10. The van der Waals surface area contributed by atoms with Crippen molar-refractivity contribution in [3.63, 3.8) is 0 Å². The van der Waals surface area contributed by atoms with E-state index in [0.717, 1.165) is 0 Å². The van der Waals surface area contributed by atoms with Crippen LogP contribution >= 0.6 is 27.5 Å². The molecule has 0 unspecified atom stereocenters. The number of rotatable bonds is 3. The number of hydrogen-bond donors (Lipinski definition) is 2. The summed E-state index contributed by atoms with van der Waals surface area (Å²) in [6.45, 7) is -0.404. The highest BCUT2D eigenvalue weighted by atomic mass is 79.9. The van der Waals surface area contributed by atoms with Crippen molar-refractivity contribution in [2.45, 2.75) is 0 Å². The van der Waals surface area contributed by atoms with Crippen molar-refractivity contribution < 1.29 is 14.7 Å². The van der Waals surface area contributed by atoms with E-state index in [1.165, 1.54) is 12.1 Å². The van der Waals surface area contributed by atoms with Crippen LogP contribution in [0.5, 0.6) is 0 Å². The van der Waals surface area contributed by atoms with Crippen LogP contribution < -0.4 is 5.32 Å². The molecular weight excluding hydrogens is 285 g/mol. The third-order valence-electron chi connectivity index (χ3n) is 1.58. The highest BCUT2D eigenvalue weighted by Crippen LogP contribution is 2.22. The average Bonchev–Trinajstić information content (AvgIpc) is 2.18. The Morgan fingerprint density at radius 3 is 2.67 bits per heavy atom. The summed E-state index contributed by atoms with van der Waals surface area (Å²) in [7, 11) is 0. The first-order chi connectivity index (χ1) is 7.00. The number of carbonyl (C=O) groups excluding carboxylic acids is 1. The van der Waals surface area contributed by atoms with Gasteiger partial charge in [-0.1, -0.05) is 11.6 Å². The second-order valence-corrected chi connectivity index (χ2v) is 3.97. The molecule has 0 heterocycles. The predicted molar refractivity (Wildman–Crippen MR) is 59.1 cm³/mol. The molecule has 1 aromatic carbocycles. The number of nitrogens with one attached hydrogen (secondary N) is 1. The molecule has 0 saturated carbocycles. The topological polar surface area (TPSA) is 66.4 Å². The standard InChI is InChI=1S/C9H7BrClNO3/c10-6-3-5(1-2-7(6)11)9(15)12-4-8(13)14/h1-3H,4H2,(H,12,15)(H,13,14). The SMILES string of the molecule is O=C(O)CNC(=O)c1ccc(Cl)c(Br)c1. The smallest absolute Gasteiger partial charge is 0.322 e. The minimum Gasteiger partial charge on any atom is -0.480 e. The van der Waals surface area contributed by atoms with Gasteiger partial charge in [-0.05, 0) is 34.1 Å². The van der Waals surface area contributed by atoms with Crippen molar-refractivity contribution >= 4 is 39.4 Å². The van der Waals surface area contributed by atoms with Crippen molar-refractivity contribution in [3.8, 4) is 0 Å². The summed E-state index contributed by atoms with van der Waals surface area (Å²) in [6, 6.07) is 4.60. The molecule has 1 aromatic rings. The van der Waals surface area contributed by atoms with Crippen LogP contribution in [0.3, 0.4) is 0 Å². The maximum atomic E-state index is 11.4. The maximum absolute atomic E-state index is 11.4. The molecule has 0 spiro atoms. The fourth-order valence-electron chi connectivity index (χ4n) is 0.895. The quantitative estimate of drug-likeness (QED) is 0.894. The van der Waals surface area contributed by atoms with E-state index in [9.17, 15) is 9.59 Å². The molecule has 0 fully saturated rings. The van der Waals surface area contributed by atoms with E-state index in [1.54, 1.807) is 6.07 Å². The Labute approximate surface area is 99.4 Å². The second-order valence-electron chi connectivity index (χ2n) is 2.71. The van der Waals surface area contributed by atoms with E-state index >= 15 is 0 Å².